The van der Waals surface area contributed by atoms with Gasteiger partial charge in [0.1, 0.15) is 0 Å². The first-order valence-corrected chi connectivity index (χ1v) is 8.30. The standard InChI is InChI=1S/C19H32N2/c1-14-10-15(2)17(16(3)11-14)12-21-9-7-8-20-18(13-21)19(4,5)6/h10-11,18,20H,7-9,12-13H2,1-6H3. The van der Waals surface area contributed by atoms with Crippen LogP contribution in [0.2, 0.25) is 0 Å². The minimum atomic E-state index is 0.319. The van der Waals surface area contributed by atoms with Crippen LogP contribution in [0.3, 0.4) is 0 Å². The van der Waals surface area contributed by atoms with E-state index in [4.69, 9.17) is 0 Å². The molecule has 0 spiro atoms. The smallest absolute Gasteiger partial charge is 0.0243 e. The molecule has 118 valence electrons. The maximum atomic E-state index is 3.73. The molecule has 1 saturated heterocycles. The fourth-order valence-electron chi connectivity index (χ4n) is 3.40. The van der Waals surface area contributed by atoms with Crippen molar-refractivity contribution in [3.63, 3.8) is 0 Å². The van der Waals surface area contributed by atoms with Gasteiger partial charge < -0.3 is 5.32 Å². The van der Waals surface area contributed by atoms with E-state index in [0.717, 1.165) is 19.6 Å². The molecule has 0 aromatic heterocycles. The Morgan fingerprint density at radius 1 is 1.14 bits per heavy atom. The van der Waals surface area contributed by atoms with Gasteiger partial charge in [-0.3, -0.25) is 4.90 Å². The van der Waals surface area contributed by atoms with Crippen LogP contribution in [0, 0.1) is 26.2 Å². The largest absolute Gasteiger partial charge is 0.312 e. The lowest BCUT2D eigenvalue weighted by molar-refractivity contribution is 0.191. The Labute approximate surface area is 130 Å². The van der Waals surface area contributed by atoms with Gasteiger partial charge in [0, 0.05) is 19.1 Å². The zero-order chi connectivity index (χ0) is 15.6. The summed E-state index contributed by atoms with van der Waals surface area (Å²) in [7, 11) is 0. The summed E-state index contributed by atoms with van der Waals surface area (Å²) >= 11 is 0. The molecule has 1 heterocycles. The molecule has 0 radical (unpaired) electrons. The average molecular weight is 288 g/mol. The number of benzene rings is 1. The van der Waals surface area contributed by atoms with E-state index in [0.29, 0.717) is 11.5 Å². The second-order valence-corrected chi connectivity index (χ2v) is 7.84. The molecule has 2 heteroatoms. The van der Waals surface area contributed by atoms with E-state index >= 15 is 0 Å². The van der Waals surface area contributed by atoms with Crippen molar-refractivity contribution in [2.45, 2.75) is 60.5 Å². The topological polar surface area (TPSA) is 15.3 Å². The highest BCUT2D eigenvalue weighted by Gasteiger charge is 2.28. The normalized spacial score (nSPS) is 21.3. The van der Waals surface area contributed by atoms with Crippen LogP contribution in [0.25, 0.3) is 0 Å². The van der Waals surface area contributed by atoms with Crippen LogP contribution in [-0.4, -0.2) is 30.6 Å². The minimum Gasteiger partial charge on any atom is -0.312 e. The molecule has 1 aliphatic rings. The summed E-state index contributed by atoms with van der Waals surface area (Å²) in [6, 6.07) is 5.21. The van der Waals surface area contributed by atoms with Crippen molar-refractivity contribution < 1.29 is 0 Å². The monoisotopic (exact) mass is 288 g/mol. The summed E-state index contributed by atoms with van der Waals surface area (Å²) in [4.78, 5) is 2.64. The lowest BCUT2D eigenvalue weighted by Gasteiger charge is -2.34. The fourth-order valence-corrected chi connectivity index (χ4v) is 3.40. The molecular weight excluding hydrogens is 256 g/mol. The molecule has 21 heavy (non-hydrogen) atoms. The Morgan fingerprint density at radius 3 is 2.33 bits per heavy atom. The van der Waals surface area contributed by atoms with Gasteiger partial charge in [0.15, 0.2) is 0 Å². The fraction of sp³-hybridized carbons (Fsp3) is 0.684. The molecule has 1 aromatic carbocycles. The molecule has 0 bridgehead atoms. The molecule has 1 unspecified atom stereocenters. The van der Waals surface area contributed by atoms with Crippen molar-refractivity contribution in [2.24, 2.45) is 5.41 Å². The summed E-state index contributed by atoms with van der Waals surface area (Å²) in [6.45, 7) is 18.3. The first-order chi connectivity index (χ1) is 9.77. The predicted octanol–water partition coefficient (Wildman–Crippen LogP) is 3.82. The first kappa shape index (κ1) is 16.5. The number of hydrogen-bond acceptors (Lipinski definition) is 2. The van der Waals surface area contributed by atoms with Gasteiger partial charge >= 0.3 is 0 Å². The summed E-state index contributed by atoms with van der Waals surface area (Å²) in [5.74, 6) is 0. The number of hydrogen-bond donors (Lipinski definition) is 1. The van der Waals surface area contributed by atoms with Crippen LogP contribution in [0.15, 0.2) is 12.1 Å². The van der Waals surface area contributed by atoms with E-state index in [1.807, 2.05) is 0 Å². The number of aryl methyl sites for hydroxylation is 3. The van der Waals surface area contributed by atoms with Crippen molar-refractivity contribution in [3.8, 4) is 0 Å². The maximum absolute atomic E-state index is 3.73. The van der Waals surface area contributed by atoms with Crippen molar-refractivity contribution in [1.29, 1.82) is 0 Å². The number of rotatable bonds is 2. The van der Waals surface area contributed by atoms with E-state index in [-0.39, 0.29) is 0 Å². The molecule has 1 aliphatic heterocycles. The predicted molar refractivity (Wildman–Crippen MR) is 91.8 cm³/mol. The van der Waals surface area contributed by atoms with Crippen molar-refractivity contribution >= 4 is 0 Å². The molecule has 1 atom stereocenters. The van der Waals surface area contributed by atoms with Gasteiger partial charge in [0.2, 0.25) is 0 Å². The van der Waals surface area contributed by atoms with E-state index in [2.05, 4.69) is 63.9 Å². The first-order valence-electron chi connectivity index (χ1n) is 8.30. The summed E-state index contributed by atoms with van der Waals surface area (Å²) in [6.07, 6.45) is 1.25. The van der Waals surface area contributed by atoms with E-state index in [9.17, 15) is 0 Å². The molecule has 0 amide bonds. The van der Waals surface area contributed by atoms with Crippen LogP contribution >= 0.6 is 0 Å². The average Bonchev–Trinajstić information content (AvgIpc) is 2.58. The molecular formula is C19H32N2. The summed E-state index contributed by atoms with van der Waals surface area (Å²) < 4.78 is 0. The zero-order valence-corrected chi connectivity index (χ0v) is 14.7. The molecule has 2 nitrogen and oxygen atoms in total. The highest BCUT2D eigenvalue weighted by Crippen LogP contribution is 2.24. The van der Waals surface area contributed by atoms with Gasteiger partial charge in [0.05, 0.1) is 0 Å². The summed E-state index contributed by atoms with van der Waals surface area (Å²) in [5.41, 5.74) is 6.10. The van der Waals surface area contributed by atoms with Crippen LogP contribution in [0.4, 0.5) is 0 Å². The third-order valence-corrected chi connectivity index (χ3v) is 4.75. The van der Waals surface area contributed by atoms with Gasteiger partial charge in [-0.25, -0.2) is 0 Å². The third kappa shape index (κ3) is 4.31. The van der Waals surface area contributed by atoms with Gasteiger partial charge in [0.25, 0.3) is 0 Å². The number of nitrogens with one attached hydrogen (secondary N) is 1. The Balaban J connectivity index is 2.15. The highest BCUT2D eigenvalue weighted by atomic mass is 15.2. The molecule has 0 saturated carbocycles. The van der Waals surface area contributed by atoms with Gasteiger partial charge in [-0.15, -0.1) is 0 Å². The number of nitrogens with zero attached hydrogens (tertiary/aromatic N) is 1. The van der Waals surface area contributed by atoms with E-state index in [1.54, 1.807) is 0 Å². The van der Waals surface area contributed by atoms with Crippen molar-refractivity contribution in [2.75, 3.05) is 19.6 Å². The Hall–Kier alpha value is -0.860. The van der Waals surface area contributed by atoms with Crippen LogP contribution in [0.1, 0.15) is 49.4 Å². The second kappa shape index (κ2) is 6.50. The van der Waals surface area contributed by atoms with Crippen LogP contribution in [-0.2, 0) is 6.54 Å². The highest BCUT2D eigenvalue weighted by molar-refractivity contribution is 5.37. The zero-order valence-electron chi connectivity index (χ0n) is 14.7. The lowest BCUT2D eigenvalue weighted by Crippen LogP contribution is -2.46. The molecule has 1 fully saturated rings. The molecule has 0 aliphatic carbocycles. The second-order valence-electron chi connectivity index (χ2n) is 7.84. The van der Waals surface area contributed by atoms with Crippen LogP contribution in [0.5, 0.6) is 0 Å². The van der Waals surface area contributed by atoms with E-state index in [1.165, 1.54) is 35.2 Å². The van der Waals surface area contributed by atoms with Crippen LogP contribution < -0.4 is 5.32 Å². The minimum absolute atomic E-state index is 0.319. The maximum Gasteiger partial charge on any atom is 0.0243 e. The summed E-state index contributed by atoms with van der Waals surface area (Å²) in [5, 5.41) is 3.73. The Kier molecular flexibility index (Phi) is 5.11. The van der Waals surface area contributed by atoms with Gasteiger partial charge in [-0.05, 0) is 62.4 Å². The van der Waals surface area contributed by atoms with Crippen molar-refractivity contribution in [1.82, 2.24) is 10.2 Å². The Morgan fingerprint density at radius 2 is 1.76 bits per heavy atom. The molecule has 1 aromatic rings. The van der Waals surface area contributed by atoms with E-state index < -0.39 is 0 Å². The van der Waals surface area contributed by atoms with Gasteiger partial charge in [-0.2, -0.15) is 0 Å². The third-order valence-electron chi connectivity index (χ3n) is 4.75. The van der Waals surface area contributed by atoms with Gasteiger partial charge in [-0.1, -0.05) is 38.5 Å². The molecule has 1 N–H and O–H groups in total. The SMILES string of the molecule is Cc1cc(C)c(CN2CCCNC(C(C)(C)C)C2)c(C)c1. The lowest BCUT2D eigenvalue weighted by atomic mass is 9.86. The molecule has 2 rings (SSSR count). The Bertz CT molecular complexity index is 462. The quantitative estimate of drug-likeness (QED) is 0.890. The van der Waals surface area contributed by atoms with Crippen molar-refractivity contribution in [3.05, 3.63) is 34.4 Å².